The summed E-state index contributed by atoms with van der Waals surface area (Å²) < 4.78 is 6.96. The molecule has 158 valence electrons. The Labute approximate surface area is 184 Å². The Morgan fingerprint density at radius 3 is 2.83 bits per heavy atom. The number of nitrogens with zero attached hydrogens (tertiary/aromatic N) is 2. The monoisotopic (exact) mass is 445 g/mol. The Kier molecular flexibility index (Phi) is 7.76. The molecule has 3 rings (SSSR count). The first-order chi connectivity index (χ1) is 14.5. The van der Waals surface area contributed by atoms with Crippen molar-refractivity contribution in [2.45, 2.75) is 31.5 Å². The van der Waals surface area contributed by atoms with Gasteiger partial charge in [-0.1, -0.05) is 48.5 Å². The summed E-state index contributed by atoms with van der Waals surface area (Å²) in [4.78, 5) is 29.8. The van der Waals surface area contributed by atoms with Crippen LogP contribution >= 0.6 is 23.4 Å². The first-order valence-electron chi connectivity index (χ1n) is 9.75. The average Bonchev–Trinajstić information content (AvgIpc) is 2.74. The van der Waals surface area contributed by atoms with E-state index in [-0.39, 0.29) is 17.2 Å². The lowest BCUT2D eigenvalue weighted by Crippen LogP contribution is -2.28. The van der Waals surface area contributed by atoms with E-state index in [9.17, 15) is 9.59 Å². The van der Waals surface area contributed by atoms with Gasteiger partial charge in [0, 0.05) is 18.1 Å². The lowest BCUT2D eigenvalue weighted by atomic mass is 10.1. The highest BCUT2D eigenvalue weighted by Gasteiger charge is 2.13. The van der Waals surface area contributed by atoms with Gasteiger partial charge in [0.2, 0.25) is 5.91 Å². The highest BCUT2D eigenvalue weighted by molar-refractivity contribution is 7.99. The van der Waals surface area contributed by atoms with Crippen LogP contribution in [0.2, 0.25) is 5.02 Å². The molecular weight excluding hydrogens is 422 g/mol. The van der Waals surface area contributed by atoms with Crippen molar-refractivity contribution in [1.29, 1.82) is 0 Å². The van der Waals surface area contributed by atoms with Gasteiger partial charge < -0.3 is 10.1 Å². The van der Waals surface area contributed by atoms with E-state index in [0.29, 0.717) is 40.6 Å². The Bertz CT molecular complexity index is 1100. The molecule has 0 aliphatic heterocycles. The van der Waals surface area contributed by atoms with Gasteiger partial charge in [-0.15, -0.1) is 0 Å². The van der Waals surface area contributed by atoms with Crippen molar-refractivity contribution in [3.63, 3.8) is 0 Å². The number of hydrogen-bond acceptors (Lipinski definition) is 5. The third-order valence-corrected chi connectivity index (χ3v) is 5.78. The lowest BCUT2D eigenvalue weighted by Gasteiger charge is -2.13. The van der Waals surface area contributed by atoms with Crippen LogP contribution in [0.25, 0.3) is 10.9 Å². The van der Waals surface area contributed by atoms with Gasteiger partial charge in [-0.05, 0) is 42.7 Å². The van der Waals surface area contributed by atoms with Crippen LogP contribution in [0.1, 0.15) is 18.9 Å². The molecule has 0 saturated carbocycles. The summed E-state index contributed by atoms with van der Waals surface area (Å²) in [5, 5.41) is 4.49. The number of hydrogen-bond donors (Lipinski definition) is 1. The number of rotatable bonds is 9. The number of amides is 1. The van der Waals surface area contributed by atoms with Crippen molar-refractivity contribution in [3.8, 4) is 5.75 Å². The summed E-state index contributed by atoms with van der Waals surface area (Å²) in [5.74, 6) is 0.871. The van der Waals surface area contributed by atoms with E-state index in [1.807, 2.05) is 31.2 Å². The number of carbonyl (C=O) groups excluding carboxylic acids is 1. The SMILES string of the molecule is CCCn1c(SCC(=O)NCCc2ccccc2OC)nc2cc(Cl)ccc2c1=O. The molecule has 30 heavy (non-hydrogen) atoms. The lowest BCUT2D eigenvalue weighted by molar-refractivity contribution is -0.118. The zero-order chi connectivity index (χ0) is 21.5. The maximum Gasteiger partial charge on any atom is 0.262 e. The molecular formula is C22H24ClN3O3S. The van der Waals surface area contributed by atoms with Crippen molar-refractivity contribution in [1.82, 2.24) is 14.9 Å². The number of aromatic nitrogens is 2. The zero-order valence-corrected chi connectivity index (χ0v) is 18.6. The van der Waals surface area contributed by atoms with E-state index >= 15 is 0 Å². The van der Waals surface area contributed by atoms with Crippen LogP contribution in [-0.2, 0) is 17.8 Å². The molecule has 0 atom stereocenters. The molecule has 0 aliphatic carbocycles. The summed E-state index contributed by atoms with van der Waals surface area (Å²) >= 11 is 7.31. The molecule has 0 aliphatic rings. The van der Waals surface area contributed by atoms with E-state index in [2.05, 4.69) is 10.3 Å². The van der Waals surface area contributed by atoms with Crippen LogP contribution < -0.4 is 15.6 Å². The summed E-state index contributed by atoms with van der Waals surface area (Å²) in [5.41, 5.74) is 1.47. The summed E-state index contributed by atoms with van der Waals surface area (Å²) in [6.07, 6.45) is 1.47. The van der Waals surface area contributed by atoms with Crippen molar-refractivity contribution >= 4 is 40.2 Å². The summed E-state index contributed by atoms with van der Waals surface area (Å²) in [6.45, 7) is 3.04. The van der Waals surface area contributed by atoms with E-state index in [1.165, 1.54) is 11.8 Å². The Morgan fingerprint density at radius 1 is 1.27 bits per heavy atom. The predicted octanol–water partition coefficient (Wildman–Crippen LogP) is 3.92. The number of nitrogens with one attached hydrogen (secondary N) is 1. The number of fused-ring (bicyclic) bond motifs is 1. The number of ether oxygens (including phenoxy) is 1. The molecule has 1 amide bonds. The second kappa shape index (κ2) is 10.5. The van der Waals surface area contributed by atoms with Gasteiger partial charge in [-0.3, -0.25) is 14.2 Å². The number of methoxy groups -OCH3 is 1. The molecule has 8 heteroatoms. The number of halogens is 1. The maximum atomic E-state index is 12.8. The molecule has 0 fully saturated rings. The fraction of sp³-hybridized carbons (Fsp3) is 0.318. The van der Waals surface area contributed by atoms with Crippen LogP contribution in [0.5, 0.6) is 5.75 Å². The molecule has 6 nitrogen and oxygen atoms in total. The van der Waals surface area contributed by atoms with Crippen molar-refractivity contribution in [2.75, 3.05) is 19.4 Å². The van der Waals surface area contributed by atoms with Crippen LogP contribution in [-0.4, -0.2) is 34.9 Å². The van der Waals surface area contributed by atoms with Gasteiger partial charge in [0.15, 0.2) is 5.16 Å². The minimum absolute atomic E-state index is 0.113. The second-order valence-corrected chi connectivity index (χ2v) is 8.09. The molecule has 3 aromatic rings. The van der Waals surface area contributed by atoms with Gasteiger partial charge in [-0.2, -0.15) is 0 Å². The highest BCUT2D eigenvalue weighted by Crippen LogP contribution is 2.21. The van der Waals surface area contributed by atoms with E-state index in [1.54, 1.807) is 29.9 Å². The van der Waals surface area contributed by atoms with Gasteiger partial charge in [0.25, 0.3) is 5.56 Å². The van der Waals surface area contributed by atoms with Crippen LogP contribution in [0.4, 0.5) is 0 Å². The van der Waals surface area contributed by atoms with E-state index in [0.717, 1.165) is 17.7 Å². The number of para-hydroxylation sites is 1. The van der Waals surface area contributed by atoms with Crippen molar-refractivity contribution in [3.05, 3.63) is 63.4 Å². The number of carbonyl (C=O) groups is 1. The minimum atomic E-state index is -0.113. The Morgan fingerprint density at radius 2 is 2.07 bits per heavy atom. The number of benzene rings is 2. The average molecular weight is 446 g/mol. The van der Waals surface area contributed by atoms with Crippen LogP contribution in [0.15, 0.2) is 52.4 Å². The van der Waals surface area contributed by atoms with Gasteiger partial charge in [-0.25, -0.2) is 4.98 Å². The van der Waals surface area contributed by atoms with Crippen LogP contribution in [0, 0.1) is 0 Å². The first-order valence-corrected chi connectivity index (χ1v) is 11.1. The van der Waals surface area contributed by atoms with E-state index in [4.69, 9.17) is 16.3 Å². The molecule has 0 saturated heterocycles. The molecule has 0 spiro atoms. The normalized spacial score (nSPS) is 10.9. The summed E-state index contributed by atoms with van der Waals surface area (Å²) in [7, 11) is 1.63. The van der Waals surface area contributed by atoms with Gasteiger partial charge in [0.05, 0.1) is 23.8 Å². The minimum Gasteiger partial charge on any atom is -0.496 e. The molecule has 0 radical (unpaired) electrons. The Balaban J connectivity index is 1.66. The molecule has 0 unspecified atom stereocenters. The quantitative estimate of drug-likeness (QED) is 0.399. The maximum absolute atomic E-state index is 12.8. The predicted molar refractivity (Wildman–Crippen MR) is 122 cm³/mol. The van der Waals surface area contributed by atoms with Crippen molar-refractivity contribution < 1.29 is 9.53 Å². The highest BCUT2D eigenvalue weighted by atomic mass is 35.5. The molecule has 1 N–H and O–H groups in total. The van der Waals surface area contributed by atoms with Crippen molar-refractivity contribution in [2.24, 2.45) is 0 Å². The summed E-state index contributed by atoms with van der Waals surface area (Å²) in [6, 6.07) is 12.8. The first kappa shape index (κ1) is 22.2. The fourth-order valence-electron chi connectivity index (χ4n) is 3.13. The molecule has 1 heterocycles. The zero-order valence-electron chi connectivity index (χ0n) is 17.0. The van der Waals surface area contributed by atoms with Gasteiger partial charge in [0.1, 0.15) is 5.75 Å². The molecule has 1 aromatic heterocycles. The fourth-order valence-corrected chi connectivity index (χ4v) is 4.15. The standard InChI is InChI=1S/C22H24ClN3O3S/c1-3-12-26-21(28)17-9-8-16(23)13-18(17)25-22(26)30-14-20(27)24-11-10-15-6-4-5-7-19(15)29-2/h4-9,13H,3,10-12,14H2,1-2H3,(H,24,27). The van der Waals surface area contributed by atoms with Gasteiger partial charge >= 0.3 is 0 Å². The second-order valence-electron chi connectivity index (χ2n) is 6.71. The third-order valence-electron chi connectivity index (χ3n) is 4.57. The smallest absolute Gasteiger partial charge is 0.262 e. The molecule has 0 bridgehead atoms. The van der Waals surface area contributed by atoms with Crippen LogP contribution in [0.3, 0.4) is 0 Å². The van der Waals surface area contributed by atoms with E-state index < -0.39 is 0 Å². The topological polar surface area (TPSA) is 73.2 Å². The molecule has 2 aromatic carbocycles. The number of thioether (sulfide) groups is 1. The Hall–Kier alpha value is -2.51. The third kappa shape index (κ3) is 5.34. The largest absolute Gasteiger partial charge is 0.496 e.